The number of ketones is 1. The number of hydrogen-bond donors (Lipinski definition) is 4. The number of nitrogens with two attached hydrogens (primary N) is 1. The Morgan fingerprint density at radius 1 is 1.09 bits per heavy atom. The second-order valence-electron chi connectivity index (χ2n) is 10.6. The highest BCUT2D eigenvalue weighted by atomic mass is 35.5. The minimum absolute atomic E-state index is 0. The molecular weight excluding hydrogens is 588 g/mol. The fourth-order valence-electron chi connectivity index (χ4n) is 5.44. The summed E-state index contributed by atoms with van der Waals surface area (Å²) in [4.78, 5) is 34.9. The van der Waals surface area contributed by atoms with Crippen LogP contribution in [0.3, 0.4) is 0 Å². The number of anilines is 2. The molecule has 3 atom stereocenters. The number of Topliss-reactive ketones (excluding diaryl/α,β-unsaturated/α-hetero) is 1. The first-order chi connectivity index (χ1) is 20.2. The fraction of sp³-hybridized carbons (Fsp3) is 0.419. The topological polar surface area (TPSA) is 156 Å². The zero-order chi connectivity index (χ0) is 30.1. The highest BCUT2D eigenvalue weighted by Gasteiger charge is 2.36. The van der Waals surface area contributed by atoms with Crippen molar-refractivity contribution >= 4 is 45.6 Å². The van der Waals surface area contributed by atoms with Gasteiger partial charge in [-0.2, -0.15) is 0 Å². The summed E-state index contributed by atoms with van der Waals surface area (Å²) in [6, 6.07) is 12.7. The number of halogens is 1. The number of piperidine rings is 1. The van der Waals surface area contributed by atoms with Crippen LogP contribution in [0.5, 0.6) is 0 Å². The van der Waals surface area contributed by atoms with E-state index in [2.05, 4.69) is 32.2 Å². The van der Waals surface area contributed by atoms with Crippen LogP contribution < -0.4 is 21.1 Å². The lowest BCUT2D eigenvalue weighted by molar-refractivity contribution is -0.127. The van der Waals surface area contributed by atoms with Crippen LogP contribution >= 0.6 is 12.4 Å². The molecule has 1 aromatic carbocycles. The van der Waals surface area contributed by atoms with Gasteiger partial charge in [-0.15, -0.1) is 12.4 Å². The number of pyridine rings is 2. The number of carbonyl (C=O) groups is 2. The van der Waals surface area contributed by atoms with Crippen LogP contribution in [0.4, 0.5) is 11.5 Å². The fourth-order valence-corrected chi connectivity index (χ4v) is 6.87. The lowest BCUT2D eigenvalue weighted by Crippen LogP contribution is -2.50. The van der Waals surface area contributed by atoms with Gasteiger partial charge in [0.15, 0.2) is 5.78 Å². The molecule has 1 aliphatic rings. The summed E-state index contributed by atoms with van der Waals surface area (Å²) in [5, 5.41) is 6.08. The van der Waals surface area contributed by atoms with Gasteiger partial charge in [-0.3, -0.25) is 14.6 Å². The van der Waals surface area contributed by atoms with E-state index in [1.54, 1.807) is 55.7 Å². The van der Waals surface area contributed by atoms with Crippen LogP contribution in [-0.2, 0) is 26.0 Å². The quantitative estimate of drug-likeness (QED) is 0.217. The van der Waals surface area contributed by atoms with Gasteiger partial charge in [-0.05, 0) is 68.0 Å². The Morgan fingerprint density at radius 2 is 1.91 bits per heavy atom. The van der Waals surface area contributed by atoms with Crippen LogP contribution in [0.15, 0.2) is 65.8 Å². The average molecular weight is 629 g/mol. The number of hydrogen-bond acceptors (Lipinski definition) is 8. The average Bonchev–Trinajstić information content (AvgIpc) is 3.01. The molecule has 0 bridgehead atoms. The van der Waals surface area contributed by atoms with Gasteiger partial charge >= 0.3 is 0 Å². The van der Waals surface area contributed by atoms with Crippen molar-refractivity contribution in [2.24, 2.45) is 11.8 Å². The Balaban J connectivity index is 0.00000506. The van der Waals surface area contributed by atoms with Crippen molar-refractivity contribution < 1.29 is 18.0 Å². The smallest absolute Gasteiger partial charge is 0.243 e. The van der Waals surface area contributed by atoms with Gasteiger partial charge in [0.1, 0.15) is 10.7 Å². The number of sulfonamides is 1. The van der Waals surface area contributed by atoms with Gasteiger partial charge in [0, 0.05) is 36.8 Å². The van der Waals surface area contributed by atoms with E-state index in [9.17, 15) is 18.0 Å². The van der Waals surface area contributed by atoms with E-state index in [1.807, 2.05) is 6.07 Å². The third-order valence-electron chi connectivity index (χ3n) is 7.80. The minimum atomic E-state index is -4.25. The van der Waals surface area contributed by atoms with Crippen molar-refractivity contribution in [2.75, 3.05) is 24.1 Å². The van der Waals surface area contributed by atoms with Crippen molar-refractivity contribution in [3.63, 3.8) is 0 Å². The van der Waals surface area contributed by atoms with Crippen molar-refractivity contribution in [1.82, 2.24) is 20.0 Å². The van der Waals surface area contributed by atoms with Crippen molar-refractivity contribution in [3.05, 3.63) is 66.5 Å². The number of aryl methyl sites for hydroxylation is 1. The maximum Gasteiger partial charge on any atom is 0.243 e. The monoisotopic (exact) mass is 628 g/mol. The van der Waals surface area contributed by atoms with Crippen LogP contribution in [-0.4, -0.2) is 49.2 Å². The highest BCUT2D eigenvalue weighted by molar-refractivity contribution is 7.89. The molecule has 1 aliphatic heterocycles. The van der Waals surface area contributed by atoms with Gasteiger partial charge in [-0.1, -0.05) is 44.5 Å². The Bertz CT molecular complexity index is 1470. The lowest BCUT2D eigenvalue weighted by Gasteiger charge is -2.33. The number of nitrogens with zero attached hydrogens (tertiary/aromatic N) is 2. The molecule has 2 aromatic heterocycles. The molecule has 0 unspecified atom stereocenters. The number of aromatic nitrogens is 2. The standard InChI is InChI=1S/C31H40N6O4S.ClH/c1-3-22-16-18-33-20-24(22)31(39)26(12-7-9-21-14-15-28(32)35-19-21)37-42(40,41)27-13-8-10-23(25-11-5-6-17-34-25)30(27)36-29(38)4-2;/h5-6,8,10-11,13-15,17,19,22,24,26,33,37H,3-4,7,9,12,16,18,20H2,1-2H3,(H2,32,35)(H,36,38);1H/t22-,24+,26-;/m0./s1. The zero-order valence-electron chi connectivity index (χ0n) is 24.6. The maximum atomic E-state index is 14.1. The van der Waals surface area contributed by atoms with Gasteiger partial charge in [0.05, 0.1) is 17.4 Å². The van der Waals surface area contributed by atoms with Gasteiger partial charge in [-0.25, -0.2) is 18.1 Å². The summed E-state index contributed by atoms with van der Waals surface area (Å²) in [7, 11) is -4.25. The number of para-hydroxylation sites is 1. The van der Waals surface area contributed by atoms with E-state index < -0.39 is 16.1 Å². The molecule has 3 aromatic rings. The molecule has 10 nitrogen and oxygen atoms in total. The Kier molecular flexibility index (Phi) is 12.6. The largest absolute Gasteiger partial charge is 0.384 e. The Labute approximate surface area is 260 Å². The third kappa shape index (κ3) is 8.82. The summed E-state index contributed by atoms with van der Waals surface area (Å²) in [5.74, 6) is -0.145. The SMILES string of the molecule is CCC(=O)Nc1c(-c2ccccn2)cccc1S(=O)(=O)N[C@@H](CCCc1ccc(N)nc1)C(=O)[C@@H]1CNCC[C@@H]1CC.Cl. The summed E-state index contributed by atoms with van der Waals surface area (Å²) < 4.78 is 30.8. The van der Waals surface area contributed by atoms with Crippen LogP contribution in [0, 0.1) is 11.8 Å². The number of amides is 1. The lowest BCUT2D eigenvalue weighted by atomic mass is 9.79. The molecule has 0 saturated carbocycles. The predicted octanol–water partition coefficient (Wildman–Crippen LogP) is 4.37. The van der Waals surface area contributed by atoms with Gasteiger partial charge in [0.2, 0.25) is 15.9 Å². The predicted molar refractivity (Wildman–Crippen MR) is 171 cm³/mol. The molecule has 0 aliphatic carbocycles. The third-order valence-corrected chi connectivity index (χ3v) is 9.32. The maximum absolute atomic E-state index is 14.1. The van der Waals surface area contributed by atoms with E-state index >= 15 is 0 Å². The van der Waals surface area contributed by atoms with Gasteiger partial charge < -0.3 is 16.4 Å². The molecule has 5 N–H and O–H groups in total. The molecular formula is C31H41ClN6O4S. The van der Waals surface area contributed by atoms with Crippen LogP contribution in [0.25, 0.3) is 11.3 Å². The Morgan fingerprint density at radius 3 is 2.58 bits per heavy atom. The molecule has 232 valence electrons. The molecule has 43 heavy (non-hydrogen) atoms. The van der Waals surface area contributed by atoms with E-state index in [0.29, 0.717) is 42.9 Å². The highest BCUT2D eigenvalue weighted by Crippen LogP contribution is 2.33. The number of nitrogens with one attached hydrogen (secondary N) is 3. The second-order valence-corrected chi connectivity index (χ2v) is 12.3. The first kappa shape index (κ1) is 34.1. The number of benzene rings is 1. The normalized spacial score (nSPS) is 17.4. The summed E-state index contributed by atoms with van der Waals surface area (Å²) >= 11 is 0. The molecule has 0 radical (unpaired) electrons. The first-order valence-electron chi connectivity index (χ1n) is 14.5. The van der Waals surface area contributed by atoms with Crippen molar-refractivity contribution in [1.29, 1.82) is 0 Å². The molecule has 1 amide bonds. The molecule has 3 heterocycles. The molecule has 4 rings (SSSR count). The first-order valence-corrected chi connectivity index (χ1v) is 16.0. The molecule has 1 saturated heterocycles. The number of carbonyl (C=O) groups excluding carboxylic acids is 2. The van der Waals surface area contributed by atoms with E-state index in [-0.39, 0.29) is 52.9 Å². The van der Waals surface area contributed by atoms with Gasteiger partial charge in [0.25, 0.3) is 0 Å². The van der Waals surface area contributed by atoms with E-state index in [1.165, 1.54) is 6.07 Å². The minimum Gasteiger partial charge on any atom is -0.384 e. The number of nitrogen functional groups attached to an aromatic ring is 1. The number of rotatable bonds is 13. The molecule has 1 fully saturated rings. The van der Waals surface area contributed by atoms with E-state index in [4.69, 9.17) is 5.73 Å². The summed E-state index contributed by atoms with van der Waals surface area (Å²) in [6.07, 6.45) is 6.66. The van der Waals surface area contributed by atoms with Crippen LogP contribution in [0.2, 0.25) is 0 Å². The summed E-state index contributed by atoms with van der Waals surface area (Å²) in [6.45, 7) is 5.11. The van der Waals surface area contributed by atoms with Crippen LogP contribution in [0.1, 0.15) is 51.5 Å². The van der Waals surface area contributed by atoms with E-state index in [0.717, 1.165) is 24.9 Å². The second kappa shape index (κ2) is 15.9. The van der Waals surface area contributed by atoms with Crippen molar-refractivity contribution in [2.45, 2.75) is 63.3 Å². The Hall–Kier alpha value is -3.38. The zero-order valence-corrected chi connectivity index (χ0v) is 26.2. The molecule has 12 heteroatoms. The van der Waals surface area contributed by atoms with Crippen molar-refractivity contribution in [3.8, 4) is 11.3 Å². The summed E-state index contributed by atoms with van der Waals surface area (Å²) in [5.41, 5.74) is 7.79. The molecule has 0 spiro atoms.